The molecule has 0 spiro atoms. The molecule has 0 saturated carbocycles. The Morgan fingerprint density at radius 1 is 0.213 bits per heavy atom. The molecule has 0 radical (unpaired) electrons. The fraction of sp³-hybridized carbons (Fsp3) is 0.571. The van der Waals surface area contributed by atoms with Crippen LogP contribution >= 0.6 is 0 Å². The Balaban J connectivity index is 0.000000783. The second-order valence-corrected chi connectivity index (χ2v) is 24.7. The van der Waals surface area contributed by atoms with E-state index in [-0.39, 0.29) is 93.6 Å². The summed E-state index contributed by atoms with van der Waals surface area (Å²) in [7, 11) is 0. The molecule has 5 heteroatoms. The van der Waals surface area contributed by atoms with Crippen LogP contribution in [-0.4, -0.2) is 27.3 Å². The minimum absolute atomic E-state index is 0. The maximum atomic E-state index is 12.3. The molecule has 0 fully saturated rings. The van der Waals surface area contributed by atoms with Gasteiger partial charge in [0.1, 0.15) is 0 Å². The fourth-order valence-electron chi connectivity index (χ4n) is 6.87. The van der Waals surface area contributed by atoms with Crippen molar-refractivity contribution in [3.63, 3.8) is 0 Å². The summed E-state index contributed by atoms with van der Waals surface area (Å²) in [5.74, 6) is 0.824. The average Bonchev–Trinajstić information content (AvgIpc) is 3.01. The number of benzene rings is 4. The Hall–Kier alpha value is -3.00. The summed E-state index contributed by atoms with van der Waals surface area (Å²) >= 11 is 0. The van der Waals surface area contributed by atoms with Crippen molar-refractivity contribution >= 4 is 27.3 Å². The zero-order valence-electron chi connectivity index (χ0n) is 43.1. The Morgan fingerprint density at radius 2 is 0.295 bits per heavy atom. The van der Waals surface area contributed by atoms with Gasteiger partial charge in [0.15, 0.2) is 0 Å². The van der Waals surface area contributed by atoms with Crippen molar-refractivity contribution in [2.75, 3.05) is 0 Å². The van der Waals surface area contributed by atoms with Crippen LogP contribution in [0.4, 0.5) is 0 Å². The van der Waals surface area contributed by atoms with E-state index in [0.29, 0.717) is 0 Å². The normalized spacial score (nSPS) is 12.7. The predicted molar refractivity (Wildman–Crippen MR) is 259 cm³/mol. The van der Waals surface area contributed by atoms with Crippen molar-refractivity contribution in [3.8, 4) is 23.0 Å². The molecule has 0 atom stereocenters. The van der Waals surface area contributed by atoms with Crippen molar-refractivity contribution in [2.45, 2.75) is 209 Å². The predicted octanol–water partition coefficient (Wildman–Crippen LogP) is 13.0. The van der Waals surface area contributed by atoms with Crippen molar-refractivity contribution in [1.82, 2.24) is 0 Å². The van der Waals surface area contributed by atoms with Crippen molar-refractivity contribution < 1.29 is 20.4 Å². The average molecular weight is 1030 g/mol. The minimum Gasteiger partial charge on any atom is -0.872 e. The van der Waals surface area contributed by atoms with E-state index in [0.717, 1.165) is 44.5 Å². The quantitative estimate of drug-likeness (QED) is 0.164. The molecule has 0 heterocycles. The van der Waals surface area contributed by atoms with Gasteiger partial charge in [-0.25, -0.2) is 0 Å². The molecule has 0 N–H and O–H groups in total. The number of rotatable bonds is 0. The van der Waals surface area contributed by atoms with Gasteiger partial charge in [0, 0.05) is 0 Å². The van der Waals surface area contributed by atoms with Gasteiger partial charge in [-0.1, -0.05) is 283 Å². The maximum absolute atomic E-state index is 12.3. The second kappa shape index (κ2) is 20.7. The smallest absolute Gasteiger partial charge is 0.872 e. The van der Waals surface area contributed by atoms with Crippen LogP contribution in [0.2, 0.25) is 0 Å². The van der Waals surface area contributed by atoms with Crippen molar-refractivity contribution in [2.24, 2.45) is 0 Å². The number of hydrogen-bond donors (Lipinski definition) is 0. The summed E-state index contributed by atoms with van der Waals surface area (Å²) in [6.45, 7) is 49.9. The zero-order valence-corrected chi connectivity index (χ0v) is 46.9. The molecule has 4 aromatic rings. The molecule has 0 aliphatic carbocycles. The summed E-state index contributed by atoms with van der Waals surface area (Å²) in [5.41, 5.74) is 6.73. The van der Waals surface area contributed by atoms with E-state index in [1.54, 1.807) is 0 Å². The first-order valence-corrected chi connectivity index (χ1v) is 21.8. The molecule has 0 amide bonds. The summed E-state index contributed by atoms with van der Waals surface area (Å²) < 4.78 is 0. The topological polar surface area (TPSA) is 92.2 Å². The molecule has 0 aliphatic rings. The van der Waals surface area contributed by atoms with Crippen LogP contribution < -0.4 is 20.4 Å². The Bertz CT molecular complexity index is 1570. The molecule has 4 aromatic carbocycles. The molecule has 0 aromatic heterocycles. The number of hydrogen-bond acceptors (Lipinski definition) is 4. The third-order valence-electron chi connectivity index (χ3n) is 10.5. The third kappa shape index (κ3) is 16.9. The molecular weight excluding hydrogens is 944 g/mol. The van der Waals surface area contributed by atoms with Gasteiger partial charge in [-0.15, -0.1) is 23.0 Å². The van der Waals surface area contributed by atoms with Gasteiger partial charge in [0.25, 0.3) is 0 Å². The van der Waals surface area contributed by atoms with Crippen LogP contribution in [0.1, 0.15) is 211 Å². The molecule has 0 unspecified atom stereocenters. The zero-order chi connectivity index (χ0) is 47.4. The summed E-state index contributed by atoms with van der Waals surface area (Å²) in [6, 6.07) is 23.5. The molecule has 0 saturated heterocycles. The van der Waals surface area contributed by atoms with E-state index in [9.17, 15) is 20.4 Å². The molecule has 0 bridgehead atoms. The SMILES string of the molecule is CC(C)(C)c1cccc(C(C)(C)C)c1[O-].CC(C)(C)c1cccc(C(C)(C)C)c1[O-].CC(C)(C)c1cccc(C(C)(C)C)c1[O-].CC(C)(C)c1cccc(C(C)(C)C)c1[O-].[Pb+4]. The van der Waals surface area contributed by atoms with Gasteiger partial charge < -0.3 is 20.4 Å². The summed E-state index contributed by atoms with van der Waals surface area (Å²) in [6.07, 6.45) is 0. The molecular formula is C56H84O4Pb. The largest absolute Gasteiger partial charge is 4.00 e. The van der Waals surface area contributed by atoms with E-state index < -0.39 is 0 Å². The van der Waals surface area contributed by atoms with E-state index in [1.165, 1.54) is 0 Å². The number of para-hydroxylation sites is 4. The van der Waals surface area contributed by atoms with E-state index in [4.69, 9.17) is 0 Å². The Labute approximate surface area is 395 Å². The van der Waals surface area contributed by atoms with Gasteiger partial charge in [-0.2, -0.15) is 0 Å². The standard InChI is InChI=1S/4C14H22O.Pb/c4*1-13(2,3)10-8-7-9-11(12(10)15)14(4,5)6;/h4*7-9,15H,1-6H3;/q;;;;+4/p-4. The van der Waals surface area contributed by atoms with E-state index >= 15 is 0 Å². The molecule has 4 rings (SSSR count). The van der Waals surface area contributed by atoms with Gasteiger partial charge in [0.2, 0.25) is 0 Å². The van der Waals surface area contributed by atoms with Gasteiger partial charge in [-0.3, -0.25) is 0 Å². The Kier molecular flexibility index (Phi) is 19.7. The Morgan fingerprint density at radius 3 is 0.361 bits per heavy atom. The van der Waals surface area contributed by atoms with Crippen molar-refractivity contribution in [3.05, 3.63) is 117 Å². The third-order valence-corrected chi connectivity index (χ3v) is 10.5. The van der Waals surface area contributed by atoms with Gasteiger partial charge in [-0.05, 0) is 43.3 Å². The first-order chi connectivity index (χ1) is 26.6. The fourth-order valence-corrected chi connectivity index (χ4v) is 6.87. The monoisotopic (exact) mass is 1030 g/mol. The minimum atomic E-state index is -0.0711. The van der Waals surface area contributed by atoms with Crippen LogP contribution in [0.5, 0.6) is 23.0 Å². The van der Waals surface area contributed by atoms with E-state index in [2.05, 4.69) is 166 Å². The van der Waals surface area contributed by atoms with Crippen LogP contribution in [-0.2, 0) is 43.3 Å². The van der Waals surface area contributed by atoms with Gasteiger partial charge in [0.05, 0.1) is 0 Å². The maximum Gasteiger partial charge on any atom is 4.00 e. The van der Waals surface area contributed by atoms with Gasteiger partial charge >= 0.3 is 27.3 Å². The van der Waals surface area contributed by atoms with E-state index in [1.807, 2.05) is 72.8 Å². The first kappa shape index (κ1) is 58.0. The van der Waals surface area contributed by atoms with Crippen LogP contribution in [0.15, 0.2) is 72.8 Å². The molecule has 4 nitrogen and oxygen atoms in total. The molecule has 0 aliphatic heterocycles. The summed E-state index contributed by atoms with van der Waals surface area (Å²) in [5, 5.41) is 49.0. The molecule has 336 valence electrons. The van der Waals surface area contributed by atoms with Crippen LogP contribution in [0, 0.1) is 0 Å². The van der Waals surface area contributed by atoms with Crippen LogP contribution in [0.25, 0.3) is 0 Å². The molecule has 61 heavy (non-hydrogen) atoms. The van der Waals surface area contributed by atoms with Crippen LogP contribution in [0.3, 0.4) is 0 Å². The summed E-state index contributed by atoms with van der Waals surface area (Å²) in [4.78, 5) is 0. The van der Waals surface area contributed by atoms with Crippen molar-refractivity contribution in [1.29, 1.82) is 0 Å². The second-order valence-electron chi connectivity index (χ2n) is 24.7. The first-order valence-electron chi connectivity index (χ1n) is 21.8.